The third-order valence-electron chi connectivity index (χ3n) is 8.90. The Labute approximate surface area is 271 Å². The molecule has 17 heteroatoms. The molecule has 1 aliphatic heterocycles. The molecule has 48 heavy (non-hydrogen) atoms. The Morgan fingerprint density at radius 2 is 1.65 bits per heavy atom. The standard InChI is InChI=1S/C31H37F9N6O2/c1-7-25(17(2)3)48-27(47)46-10-8-9-24(22-11-18(4)23(31(38,39)40)15-28(22,46)5)45(26-41-43-44(6)42-26)16-19-12-20(29(32,33)34)14-21(13-19)30(35,36)37/h11-14,17,24-25H,7-10,15-16H2,1-6H3. The van der Waals surface area contributed by atoms with Gasteiger partial charge in [-0.15, -0.1) is 5.10 Å². The number of anilines is 1. The third kappa shape index (κ3) is 7.74. The van der Waals surface area contributed by atoms with Crippen molar-refractivity contribution < 1.29 is 49.0 Å². The minimum absolute atomic E-state index is 0.0117. The monoisotopic (exact) mass is 696 g/mol. The first-order valence-corrected chi connectivity index (χ1v) is 15.3. The summed E-state index contributed by atoms with van der Waals surface area (Å²) in [7, 11) is 1.40. The van der Waals surface area contributed by atoms with E-state index in [0.717, 1.165) is 4.80 Å². The van der Waals surface area contributed by atoms with Crippen molar-refractivity contribution in [3.63, 3.8) is 0 Å². The molecule has 0 N–H and O–H groups in total. The van der Waals surface area contributed by atoms with E-state index in [1.807, 2.05) is 20.8 Å². The van der Waals surface area contributed by atoms with Crippen LogP contribution in [0.25, 0.3) is 0 Å². The van der Waals surface area contributed by atoms with Gasteiger partial charge in [0.05, 0.1) is 29.8 Å². The van der Waals surface area contributed by atoms with Crippen molar-refractivity contribution >= 4 is 12.0 Å². The van der Waals surface area contributed by atoms with Crippen LogP contribution >= 0.6 is 0 Å². The van der Waals surface area contributed by atoms with Gasteiger partial charge < -0.3 is 9.64 Å². The van der Waals surface area contributed by atoms with Crippen molar-refractivity contribution in [3.8, 4) is 0 Å². The van der Waals surface area contributed by atoms with Crippen molar-refractivity contribution in [2.45, 2.75) is 103 Å². The van der Waals surface area contributed by atoms with E-state index in [1.165, 1.54) is 36.8 Å². The van der Waals surface area contributed by atoms with E-state index in [0.29, 0.717) is 18.6 Å². The fraction of sp³-hybridized carbons (Fsp3) is 0.613. The van der Waals surface area contributed by atoms with Crippen molar-refractivity contribution in [2.24, 2.45) is 13.0 Å². The van der Waals surface area contributed by atoms with Gasteiger partial charge in [-0.2, -0.15) is 44.3 Å². The second kappa shape index (κ2) is 13.3. The van der Waals surface area contributed by atoms with Crippen LogP contribution in [0.1, 0.15) is 77.0 Å². The van der Waals surface area contributed by atoms with Crippen molar-refractivity contribution in [1.29, 1.82) is 0 Å². The average Bonchev–Trinajstić information content (AvgIpc) is 3.33. The number of aryl methyl sites for hydroxylation is 1. The number of benzene rings is 1. The number of likely N-dealkylation sites (tertiary alicyclic amines) is 1. The van der Waals surface area contributed by atoms with Crippen LogP contribution in [0.2, 0.25) is 0 Å². The molecule has 0 saturated carbocycles. The normalized spacial score (nSPS) is 21.5. The molecule has 0 spiro atoms. The first kappa shape index (κ1) is 37.0. The van der Waals surface area contributed by atoms with Crippen LogP contribution in [0, 0.1) is 5.92 Å². The summed E-state index contributed by atoms with van der Waals surface area (Å²) in [6, 6.07) is 0.198. The molecule has 1 aliphatic carbocycles. The maximum Gasteiger partial charge on any atom is 0.416 e. The number of hydrogen-bond acceptors (Lipinski definition) is 6. The summed E-state index contributed by atoms with van der Waals surface area (Å²) in [5, 5.41) is 11.9. The molecule has 0 radical (unpaired) electrons. The number of alkyl halides is 9. The van der Waals surface area contributed by atoms with Crippen LogP contribution in [0.4, 0.5) is 50.3 Å². The zero-order valence-corrected chi connectivity index (χ0v) is 27.2. The van der Waals surface area contributed by atoms with E-state index in [9.17, 15) is 44.3 Å². The summed E-state index contributed by atoms with van der Waals surface area (Å²) in [6.07, 6.45) is -14.9. The Kier molecular flexibility index (Phi) is 10.2. The highest BCUT2D eigenvalue weighted by molar-refractivity contribution is 5.71. The first-order valence-electron chi connectivity index (χ1n) is 15.3. The molecule has 2 aromatic rings. The topological polar surface area (TPSA) is 76.4 Å². The first-order chi connectivity index (χ1) is 22.1. The summed E-state index contributed by atoms with van der Waals surface area (Å²) >= 11 is 0. The van der Waals surface area contributed by atoms with Gasteiger partial charge >= 0.3 is 24.6 Å². The summed E-state index contributed by atoms with van der Waals surface area (Å²) < 4.78 is 131. The number of aromatic nitrogens is 4. The number of nitrogens with zero attached hydrogens (tertiary/aromatic N) is 6. The number of ether oxygens (including phenoxy) is 1. The maximum atomic E-state index is 14.4. The number of amides is 1. The highest BCUT2D eigenvalue weighted by Crippen LogP contribution is 2.48. The molecule has 8 nitrogen and oxygen atoms in total. The van der Waals surface area contributed by atoms with E-state index in [1.54, 1.807) is 0 Å². The minimum Gasteiger partial charge on any atom is -0.446 e. The number of rotatable bonds is 7. The molecular formula is C31H37F9N6O2. The molecule has 3 unspecified atom stereocenters. The average molecular weight is 697 g/mol. The van der Waals surface area contributed by atoms with E-state index >= 15 is 0 Å². The van der Waals surface area contributed by atoms with E-state index in [-0.39, 0.29) is 48.5 Å². The number of hydrogen-bond donors (Lipinski definition) is 0. The Morgan fingerprint density at radius 1 is 1.04 bits per heavy atom. The third-order valence-corrected chi connectivity index (χ3v) is 8.90. The second-order valence-corrected chi connectivity index (χ2v) is 12.7. The minimum atomic E-state index is -5.11. The lowest BCUT2D eigenvalue weighted by molar-refractivity contribution is -0.143. The number of fused-ring (bicyclic) bond motifs is 1. The van der Waals surface area contributed by atoms with E-state index < -0.39 is 77.5 Å². The largest absolute Gasteiger partial charge is 0.446 e. The molecule has 3 atom stereocenters. The number of allylic oxidation sites excluding steroid dienone is 2. The maximum absolute atomic E-state index is 14.4. The second-order valence-electron chi connectivity index (χ2n) is 12.7. The van der Waals surface area contributed by atoms with Gasteiger partial charge in [-0.3, -0.25) is 4.90 Å². The predicted molar refractivity (Wildman–Crippen MR) is 156 cm³/mol. The van der Waals surface area contributed by atoms with Gasteiger partial charge in [0.1, 0.15) is 6.10 Å². The fourth-order valence-corrected chi connectivity index (χ4v) is 6.45. The molecule has 2 heterocycles. The highest BCUT2D eigenvalue weighted by atomic mass is 19.4. The van der Waals surface area contributed by atoms with Gasteiger partial charge in [-0.05, 0) is 79.1 Å². The molecule has 266 valence electrons. The highest BCUT2D eigenvalue weighted by Gasteiger charge is 2.52. The van der Waals surface area contributed by atoms with Crippen LogP contribution in [0.3, 0.4) is 0 Å². The Morgan fingerprint density at radius 3 is 2.12 bits per heavy atom. The van der Waals surface area contributed by atoms with Crippen LogP contribution in [-0.2, 0) is 30.7 Å². The van der Waals surface area contributed by atoms with Crippen LogP contribution in [-0.4, -0.2) is 61.6 Å². The van der Waals surface area contributed by atoms with Crippen LogP contribution in [0.15, 0.2) is 41.0 Å². The summed E-state index contributed by atoms with van der Waals surface area (Å²) in [5.74, 6) is -0.269. The Hall–Kier alpha value is -3.79. The zero-order valence-electron chi connectivity index (χ0n) is 27.2. The smallest absolute Gasteiger partial charge is 0.416 e. The van der Waals surface area contributed by atoms with Crippen molar-refractivity contribution in [2.75, 3.05) is 11.4 Å². The molecule has 1 aromatic heterocycles. The van der Waals surface area contributed by atoms with E-state index in [2.05, 4.69) is 15.4 Å². The number of carbonyl (C=O) groups excluding carboxylic acids is 1. The SMILES string of the molecule is CCC(OC(=O)N1CCCC(N(Cc2cc(C(F)(F)F)cc(C(F)(F)F)c2)c2nnn(C)n2)C2=CC(C)=C(C(F)(F)F)CC21C)C(C)C. The molecule has 1 saturated heterocycles. The van der Waals surface area contributed by atoms with Gasteiger partial charge in [-0.25, -0.2) is 4.79 Å². The lowest BCUT2D eigenvalue weighted by Gasteiger charge is -2.47. The van der Waals surface area contributed by atoms with Crippen LogP contribution in [0.5, 0.6) is 0 Å². The van der Waals surface area contributed by atoms with Gasteiger partial charge in [0.2, 0.25) is 0 Å². The number of halogens is 9. The molecule has 1 aromatic carbocycles. The van der Waals surface area contributed by atoms with Gasteiger partial charge in [0, 0.05) is 25.1 Å². The molecule has 1 amide bonds. The molecule has 1 fully saturated rings. The molecule has 2 aliphatic rings. The molecular weight excluding hydrogens is 659 g/mol. The summed E-state index contributed by atoms with van der Waals surface area (Å²) in [4.78, 5) is 17.4. The Bertz CT molecular complexity index is 1530. The number of tetrazole rings is 1. The van der Waals surface area contributed by atoms with Gasteiger partial charge in [-0.1, -0.05) is 31.9 Å². The number of carbonyl (C=O) groups is 1. The van der Waals surface area contributed by atoms with Crippen molar-refractivity contribution in [1.82, 2.24) is 25.1 Å². The molecule has 0 bridgehead atoms. The lowest BCUT2D eigenvalue weighted by Crippen LogP contribution is -2.56. The molecule has 4 rings (SSSR count). The van der Waals surface area contributed by atoms with E-state index in [4.69, 9.17) is 4.74 Å². The lowest BCUT2D eigenvalue weighted by atomic mass is 9.74. The zero-order chi connectivity index (χ0) is 36.0. The van der Waals surface area contributed by atoms with Gasteiger partial charge in [0.15, 0.2) is 0 Å². The van der Waals surface area contributed by atoms with Gasteiger partial charge in [0.25, 0.3) is 5.95 Å². The fourth-order valence-electron chi connectivity index (χ4n) is 6.45. The van der Waals surface area contributed by atoms with Crippen molar-refractivity contribution in [3.05, 3.63) is 57.7 Å². The Balaban J connectivity index is 1.91. The predicted octanol–water partition coefficient (Wildman–Crippen LogP) is 8.26. The van der Waals surface area contributed by atoms with Crippen LogP contribution < -0.4 is 4.90 Å². The quantitative estimate of drug-likeness (QED) is 0.272. The summed E-state index contributed by atoms with van der Waals surface area (Å²) in [6.45, 7) is 7.57. The summed E-state index contributed by atoms with van der Waals surface area (Å²) in [5.41, 5.74) is -5.86.